The first-order valence-corrected chi connectivity index (χ1v) is 43.5. The largest absolute Gasteiger partial charge is 0.490 e. The first-order chi connectivity index (χ1) is 64.6. The number of primary amides is 3. The van der Waals surface area contributed by atoms with Crippen LogP contribution < -0.4 is 78.9 Å². The second-order valence-corrected chi connectivity index (χ2v) is 33.1. The van der Waals surface area contributed by atoms with Crippen LogP contribution in [0.5, 0.6) is 5.75 Å². The summed E-state index contributed by atoms with van der Waals surface area (Å²) in [6.45, 7) is 25.7. The van der Waals surface area contributed by atoms with Gasteiger partial charge in [0.1, 0.15) is 18.1 Å². The predicted octanol–water partition coefficient (Wildman–Crippen LogP) is 14.6. The van der Waals surface area contributed by atoms with Gasteiger partial charge in [0.25, 0.3) is 17.7 Å². The minimum Gasteiger partial charge on any atom is -0.490 e. The number of likely N-dealkylation sites (N-methyl/N-ethyl adjacent to an activating group) is 1. The van der Waals surface area contributed by atoms with Gasteiger partial charge in [-0.2, -0.15) is 0 Å². The monoisotopic (exact) mass is 1850 g/mol. The molecule has 0 atom stereocenters. The molecule has 0 saturated heterocycles. The second kappa shape index (κ2) is 44.6. The highest BCUT2D eigenvalue weighted by Crippen LogP contribution is 2.37. The average molecular weight is 1850 g/mol. The van der Waals surface area contributed by atoms with Crippen LogP contribution in [0.2, 0.25) is 0 Å². The molecule has 9 aromatic carbocycles. The van der Waals surface area contributed by atoms with E-state index in [1.807, 2.05) is 122 Å². The third-order valence-corrected chi connectivity index (χ3v) is 23.7. The van der Waals surface area contributed by atoms with Crippen LogP contribution in [0.3, 0.4) is 0 Å². The number of benzene rings is 9. The van der Waals surface area contributed by atoms with Gasteiger partial charge in [-0.05, 0) is 269 Å². The lowest BCUT2D eigenvalue weighted by molar-refractivity contribution is 0.0600. The number of hydrogen-bond acceptors (Lipinski definition) is 21. The number of aromatic carboxylic acids is 2. The van der Waals surface area contributed by atoms with Crippen molar-refractivity contribution < 1.29 is 58.7 Å². The van der Waals surface area contributed by atoms with Gasteiger partial charge in [-0.25, -0.2) is 14.4 Å². The number of aromatic nitrogens is 9. The number of carboxylic acids is 2. The first kappa shape index (κ1) is 102. The van der Waals surface area contributed by atoms with Crippen molar-refractivity contribution in [2.45, 2.75) is 95.4 Å². The van der Waals surface area contributed by atoms with E-state index in [0.717, 1.165) is 187 Å². The SMILES string of the molecule is COC(=O)c1ccc(N)c2c(C)c(C)[nH]c12.Cc1[nH]c2c(C(=O)O)ccc(N)c2c1C.Cc1[nH]c2c(C(N)=O)ccc(N)c2c1C.Cc1[nH]c2c(OCCNCCN(C)C)ccc(N)c2c1C.Cc1ccc(N)c2c(CCCO)c[nH]c12.Cc1ccc(N)c2c(CCO)c[nH]c12.Cc1ccc(N)c2cc(C(N)=O)[nH]c12.NC(=O)c1ccc(N)c2cc[nH]c12.Nc1ccc(C(=O)O)c2[nH]ccc12. The van der Waals surface area contributed by atoms with Crippen LogP contribution in [-0.2, 0) is 17.6 Å². The Labute approximate surface area is 783 Å². The third kappa shape index (κ3) is 22.8. The molecule has 0 bridgehead atoms. The first-order valence-electron chi connectivity index (χ1n) is 43.5. The van der Waals surface area contributed by atoms with Crippen LogP contribution in [0.1, 0.15) is 142 Å². The third-order valence-electron chi connectivity index (χ3n) is 23.7. The number of aryl methyl sites for hydroxylation is 12. The number of fused-ring (bicyclic) bond motifs is 9. The molecule has 18 rings (SSSR count). The van der Waals surface area contributed by atoms with Crippen LogP contribution in [0.15, 0.2) is 152 Å². The van der Waals surface area contributed by atoms with E-state index in [0.29, 0.717) is 86.1 Å². The van der Waals surface area contributed by atoms with E-state index < -0.39 is 29.7 Å². The summed E-state index contributed by atoms with van der Waals surface area (Å²) in [5.74, 6) is -2.75. The van der Waals surface area contributed by atoms with Gasteiger partial charge in [0.15, 0.2) is 0 Å². The number of anilines is 9. The van der Waals surface area contributed by atoms with E-state index in [9.17, 15) is 28.8 Å². The van der Waals surface area contributed by atoms with Gasteiger partial charge in [-0.15, -0.1) is 0 Å². The molecule has 35 heteroatoms. The summed E-state index contributed by atoms with van der Waals surface area (Å²) in [5.41, 5.74) is 98.4. The molecule has 0 radical (unpaired) electrons. The van der Waals surface area contributed by atoms with Crippen molar-refractivity contribution >= 4 is 185 Å². The van der Waals surface area contributed by atoms with Crippen molar-refractivity contribution in [2.24, 2.45) is 17.2 Å². The fourth-order valence-corrected chi connectivity index (χ4v) is 15.9. The molecule has 35 nitrogen and oxygen atoms in total. The maximum absolute atomic E-state index is 11.6. The van der Waals surface area contributed by atoms with Crippen molar-refractivity contribution in [3.63, 3.8) is 0 Å². The summed E-state index contributed by atoms with van der Waals surface area (Å²) in [7, 11) is 5.51. The van der Waals surface area contributed by atoms with Gasteiger partial charge in [0.2, 0.25) is 0 Å². The van der Waals surface area contributed by atoms with Gasteiger partial charge in [0, 0.05) is 180 Å². The molecule has 0 spiro atoms. The van der Waals surface area contributed by atoms with Gasteiger partial charge in [-0.1, -0.05) is 18.2 Å². The minimum absolute atomic E-state index is 0.153. The van der Waals surface area contributed by atoms with Gasteiger partial charge >= 0.3 is 17.9 Å². The topological polar surface area (TPSA) is 671 Å². The van der Waals surface area contributed by atoms with Crippen molar-refractivity contribution in [3.8, 4) is 5.75 Å². The smallest absolute Gasteiger partial charge is 0.339 e. The number of carbonyl (C=O) groups excluding carboxylic acids is 4. The van der Waals surface area contributed by atoms with E-state index >= 15 is 0 Å². The molecule has 0 unspecified atom stereocenters. The Morgan fingerprint density at radius 3 is 1.15 bits per heavy atom. The molecule has 0 fully saturated rings. The number of carbonyl (C=O) groups is 6. The molecule has 18 aromatic rings. The molecule has 0 aliphatic rings. The summed E-state index contributed by atoms with van der Waals surface area (Å²) in [5, 5.41) is 47.2. The van der Waals surface area contributed by atoms with Crippen LogP contribution in [0.4, 0.5) is 51.2 Å². The quantitative estimate of drug-likeness (QED) is 0.0215. The Bertz CT molecular complexity index is 7200. The Kier molecular flexibility index (Phi) is 33.3. The zero-order valence-corrected chi connectivity index (χ0v) is 78.7. The number of nitrogens with zero attached hydrogens (tertiary/aromatic N) is 1. The number of nitrogens with one attached hydrogen (secondary N) is 10. The summed E-state index contributed by atoms with van der Waals surface area (Å²) < 4.78 is 10.6. The fourth-order valence-electron chi connectivity index (χ4n) is 15.9. The van der Waals surface area contributed by atoms with Crippen molar-refractivity contribution in [1.82, 2.24) is 55.1 Å². The van der Waals surface area contributed by atoms with E-state index in [4.69, 9.17) is 98.7 Å². The highest BCUT2D eigenvalue weighted by atomic mass is 16.5. The molecule has 714 valence electrons. The lowest BCUT2D eigenvalue weighted by atomic mass is 10.0. The Hall–Kier alpha value is -16.5. The fraction of sp³-hybridized carbons (Fsp3) is 0.228. The predicted molar refractivity (Wildman–Crippen MR) is 550 cm³/mol. The standard InChI is InChI=1S/C16H26N4O.C12H14N2O2.C12H16N2O.C11H13N3O.C11H12N2O2.C11H14N2O.C10H11N3O.C9H9N3O.C9H8N2O2/c1-11-12(2)19-16-14(6-5-13(17)15(11)16)21-10-8-18-7-9-20(3)4;1-6-7(2)14-11-8(12(15)16-3)4-5-9(13)10(6)11;1-8-4-5-10(13)11-9(3-2-6-15)7-14-12(8)11;1-5-6(2)14-10-7(11(13)15)3-4-8(12)9(5)10;1-5-6(2)13-10-7(11(14)15)3-4-8(12)9(5)10;1-7-2-3-9(12)10-8(4-5-14)6-13-11(7)10;1-5-2-3-7(11)6-4-8(10(12)14)13-9(5)6;10-7-2-1-6(9(11)13)8-5(7)3-4-12-8;10-7-2-1-6(9(12)13)8-5(7)3-4-11-8/h5-6,18-19H,7-10,17H2,1-4H3;4-5,14H,13H2,1-3H3;4-5,7,14-15H,2-3,6,13H2,1H3;3-4,14H,12H2,1-2H3,(H2,13,15);3-4,13H,12H2,1-2H3,(H,14,15);2-3,6,13-14H,4-5,12H2,1H3;2-4,13H,11H2,1H3,(H2,12,14);1-4,12H,10H2,(H2,11,13);1-4,11H,10H2,(H,12,13). The number of aliphatic hydroxyl groups is 2. The Morgan fingerprint density at radius 2 is 0.728 bits per heavy atom. The van der Waals surface area contributed by atoms with E-state index in [2.05, 4.69) is 89.9 Å². The van der Waals surface area contributed by atoms with E-state index in [1.54, 1.807) is 73.1 Å². The lowest BCUT2D eigenvalue weighted by Gasteiger charge is -2.12. The van der Waals surface area contributed by atoms with Crippen LogP contribution in [0.25, 0.3) is 98.1 Å². The number of aromatic amines is 9. The average Bonchev–Trinajstić information content (AvgIpc) is 1.63. The summed E-state index contributed by atoms with van der Waals surface area (Å²) in [6.07, 6.45) is 9.60. The molecule has 38 N–H and O–H groups in total. The normalized spacial score (nSPS) is 10.9. The molecule has 3 amide bonds. The second-order valence-electron chi connectivity index (χ2n) is 33.1. The number of H-pyrrole nitrogens is 9. The Balaban J connectivity index is 0.000000159. The van der Waals surface area contributed by atoms with Crippen molar-refractivity contribution in [1.29, 1.82) is 0 Å². The van der Waals surface area contributed by atoms with Crippen LogP contribution in [0, 0.1) is 76.2 Å². The summed E-state index contributed by atoms with van der Waals surface area (Å²) >= 11 is 0. The number of ether oxygens (including phenoxy) is 2. The van der Waals surface area contributed by atoms with Gasteiger partial charge in [-0.3, -0.25) is 14.4 Å². The molecular weight excluding hydrogens is 1730 g/mol. The van der Waals surface area contributed by atoms with Crippen molar-refractivity contribution in [2.75, 3.05) is 112 Å². The van der Waals surface area contributed by atoms with E-state index in [1.165, 1.54) is 41.5 Å². The maximum Gasteiger partial charge on any atom is 0.339 e. The molecular formula is C101H123N23O12. The zero-order valence-electron chi connectivity index (χ0n) is 78.7. The number of carboxylic acid groups (broad SMARTS) is 2. The number of methoxy groups -OCH3 is 1. The van der Waals surface area contributed by atoms with Gasteiger partial charge < -0.3 is 154 Å². The molecule has 9 aromatic heterocycles. The highest BCUT2D eigenvalue weighted by Gasteiger charge is 2.22. The number of aliphatic hydroxyl groups excluding tert-OH is 2. The van der Waals surface area contributed by atoms with Crippen LogP contribution in [-0.4, -0.2) is 166 Å². The number of esters is 1. The summed E-state index contributed by atoms with van der Waals surface area (Å²) in [6, 6.07) is 37.0. The molecule has 136 heavy (non-hydrogen) atoms. The summed E-state index contributed by atoms with van der Waals surface area (Å²) in [4.78, 5) is 96.5. The highest BCUT2D eigenvalue weighted by molar-refractivity contribution is 6.13. The van der Waals surface area contributed by atoms with Crippen molar-refractivity contribution in [3.05, 3.63) is 259 Å². The number of nitrogen functional groups attached to an aromatic ring is 9. The number of amides is 3. The molecule has 9 heterocycles. The number of nitrogens with two attached hydrogens (primary N) is 12. The van der Waals surface area contributed by atoms with Crippen LogP contribution >= 0.6 is 0 Å². The zero-order chi connectivity index (χ0) is 99.7. The molecule has 0 aliphatic carbocycles. The number of hydrogen-bond donors (Lipinski definition) is 26. The molecule has 0 saturated carbocycles. The minimum atomic E-state index is -0.951. The molecule has 0 aliphatic heterocycles. The maximum atomic E-state index is 11.6. The van der Waals surface area contributed by atoms with E-state index in [-0.39, 0.29) is 30.3 Å². The number of rotatable bonds is 18. The van der Waals surface area contributed by atoms with Gasteiger partial charge in [0.05, 0.1) is 84.6 Å². The Morgan fingerprint density at radius 1 is 0.368 bits per heavy atom. The lowest BCUT2D eigenvalue weighted by Crippen LogP contribution is -2.29.